The topological polar surface area (TPSA) is 69.6 Å². The number of carboxylic acid groups (broad SMARTS) is 1. The van der Waals surface area contributed by atoms with Crippen molar-refractivity contribution in [2.24, 2.45) is 0 Å². The van der Waals surface area contributed by atoms with Crippen molar-refractivity contribution in [2.75, 3.05) is 5.32 Å². The third-order valence-electron chi connectivity index (χ3n) is 2.85. The molecule has 0 bridgehead atoms. The van der Waals surface area contributed by atoms with Gasteiger partial charge in [-0.1, -0.05) is 18.2 Å². The fourth-order valence-corrected chi connectivity index (χ4v) is 1.89. The summed E-state index contributed by atoms with van der Waals surface area (Å²) in [5.41, 5.74) is 0.324. The van der Waals surface area contributed by atoms with E-state index in [1.807, 2.05) is 0 Å². The molecular weight excluding hydrogens is 194 g/mol. The molecule has 0 atom stereocenters. The number of benzene rings is 1. The van der Waals surface area contributed by atoms with Crippen LogP contribution in [0.2, 0.25) is 0 Å². The van der Waals surface area contributed by atoms with Gasteiger partial charge in [0.25, 0.3) is 0 Å². The number of anilines is 1. The highest BCUT2D eigenvalue weighted by atomic mass is 16.4. The molecule has 1 amide bonds. The van der Waals surface area contributed by atoms with Gasteiger partial charge in [0, 0.05) is 5.56 Å². The highest BCUT2D eigenvalue weighted by Crippen LogP contribution is 2.43. The number of hydrogen-bond donors (Lipinski definition) is 3. The fraction of sp³-hybridized carbons (Fsp3) is 0.364. The number of hydrogen-bond acceptors (Lipinski definition) is 2. The van der Waals surface area contributed by atoms with Crippen LogP contribution in [0.25, 0.3) is 0 Å². The molecule has 1 fully saturated rings. The Bertz CT molecular complexity index is 385. The van der Waals surface area contributed by atoms with E-state index in [9.17, 15) is 9.90 Å². The van der Waals surface area contributed by atoms with Crippen LogP contribution in [0.1, 0.15) is 24.8 Å². The molecule has 80 valence electrons. The van der Waals surface area contributed by atoms with Crippen LogP contribution in [-0.2, 0) is 5.60 Å². The van der Waals surface area contributed by atoms with Crippen LogP contribution in [0.15, 0.2) is 24.3 Å². The maximum absolute atomic E-state index is 10.6. The number of para-hydroxylation sites is 1. The lowest BCUT2D eigenvalue weighted by Gasteiger charge is -2.38. The van der Waals surface area contributed by atoms with Crippen LogP contribution < -0.4 is 5.32 Å². The van der Waals surface area contributed by atoms with E-state index in [2.05, 4.69) is 5.32 Å². The standard InChI is InChI=1S/C11H13NO3/c13-10(14)12-9-5-2-1-4-8(9)11(15)6-3-7-11/h1-2,4-5,12,15H,3,6-7H2,(H,13,14). The van der Waals surface area contributed by atoms with Gasteiger partial charge in [0.2, 0.25) is 0 Å². The summed E-state index contributed by atoms with van der Waals surface area (Å²) in [4.78, 5) is 10.6. The molecule has 1 aromatic carbocycles. The molecule has 0 aromatic heterocycles. The average Bonchev–Trinajstić information content (AvgIpc) is 2.14. The van der Waals surface area contributed by atoms with Crippen molar-refractivity contribution < 1.29 is 15.0 Å². The Morgan fingerprint density at radius 1 is 1.33 bits per heavy atom. The molecule has 0 radical (unpaired) electrons. The predicted molar refractivity (Wildman–Crippen MR) is 55.8 cm³/mol. The Balaban J connectivity index is 2.33. The predicted octanol–water partition coefficient (Wildman–Crippen LogP) is 2.15. The monoisotopic (exact) mass is 207 g/mol. The lowest BCUT2D eigenvalue weighted by atomic mass is 9.74. The summed E-state index contributed by atoms with van der Waals surface area (Å²) in [5.74, 6) is 0. The number of aliphatic hydroxyl groups is 1. The molecule has 4 nitrogen and oxygen atoms in total. The number of carbonyl (C=O) groups is 1. The zero-order valence-electron chi connectivity index (χ0n) is 8.23. The molecule has 1 aliphatic rings. The van der Waals surface area contributed by atoms with E-state index in [1.54, 1.807) is 24.3 Å². The van der Waals surface area contributed by atoms with Gasteiger partial charge in [-0.25, -0.2) is 4.79 Å². The van der Waals surface area contributed by atoms with Crippen molar-refractivity contribution in [3.8, 4) is 0 Å². The third-order valence-corrected chi connectivity index (χ3v) is 2.85. The van der Waals surface area contributed by atoms with Crippen molar-refractivity contribution in [1.82, 2.24) is 0 Å². The Labute approximate surface area is 87.6 Å². The first kappa shape index (κ1) is 9.98. The SMILES string of the molecule is O=C(O)Nc1ccccc1C1(O)CCC1. The van der Waals surface area contributed by atoms with Crippen LogP contribution in [0, 0.1) is 0 Å². The number of nitrogens with one attached hydrogen (secondary N) is 1. The van der Waals surface area contributed by atoms with Crippen molar-refractivity contribution in [3.63, 3.8) is 0 Å². The number of rotatable bonds is 2. The molecule has 15 heavy (non-hydrogen) atoms. The first-order chi connectivity index (χ1) is 7.12. The minimum Gasteiger partial charge on any atom is -0.465 e. The van der Waals surface area contributed by atoms with E-state index in [1.165, 1.54) is 0 Å². The average molecular weight is 207 g/mol. The molecule has 2 rings (SSSR count). The second-order valence-electron chi connectivity index (χ2n) is 3.86. The Kier molecular flexibility index (Phi) is 2.36. The van der Waals surface area contributed by atoms with Gasteiger partial charge in [-0.15, -0.1) is 0 Å². The second-order valence-corrected chi connectivity index (χ2v) is 3.86. The van der Waals surface area contributed by atoms with Gasteiger partial charge in [0.15, 0.2) is 0 Å². The van der Waals surface area contributed by atoms with Crippen molar-refractivity contribution >= 4 is 11.8 Å². The minimum absolute atomic E-state index is 0.479. The quantitative estimate of drug-likeness (QED) is 0.695. The van der Waals surface area contributed by atoms with E-state index in [0.717, 1.165) is 6.42 Å². The number of amides is 1. The molecule has 0 saturated heterocycles. The molecule has 1 aliphatic carbocycles. The molecule has 1 aromatic rings. The summed E-state index contributed by atoms with van der Waals surface area (Å²) in [6, 6.07) is 6.99. The molecule has 3 N–H and O–H groups in total. The van der Waals surface area contributed by atoms with Gasteiger partial charge >= 0.3 is 6.09 Å². The highest BCUT2D eigenvalue weighted by molar-refractivity contribution is 5.84. The molecule has 0 aliphatic heterocycles. The summed E-state index contributed by atoms with van der Waals surface area (Å²) in [7, 11) is 0. The Morgan fingerprint density at radius 3 is 2.53 bits per heavy atom. The molecular formula is C11H13NO3. The van der Waals surface area contributed by atoms with Crippen molar-refractivity contribution in [2.45, 2.75) is 24.9 Å². The van der Waals surface area contributed by atoms with E-state index < -0.39 is 11.7 Å². The van der Waals surface area contributed by atoms with Gasteiger partial charge in [0.1, 0.15) is 0 Å². The van der Waals surface area contributed by atoms with Gasteiger partial charge < -0.3 is 10.2 Å². The molecule has 4 heteroatoms. The zero-order valence-corrected chi connectivity index (χ0v) is 8.23. The van der Waals surface area contributed by atoms with E-state index in [-0.39, 0.29) is 0 Å². The fourth-order valence-electron chi connectivity index (χ4n) is 1.89. The largest absolute Gasteiger partial charge is 0.465 e. The van der Waals surface area contributed by atoms with E-state index in [4.69, 9.17) is 5.11 Å². The Hall–Kier alpha value is -1.55. The molecule has 0 heterocycles. The lowest BCUT2D eigenvalue weighted by molar-refractivity contribution is -0.0381. The van der Waals surface area contributed by atoms with Gasteiger partial charge in [-0.05, 0) is 25.3 Å². The van der Waals surface area contributed by atoms with Crippen molar-refractivity contribution in [1.29, 1.82) is 0 Å². The van der Waals surface area contributed by atoms with Gasteiger partial charge in [-0.3, -0.25) is 5.32 Å². The summed E-state index contributed by atoms with van der Waals surface area (Å²) in [6.07, 6.45) is 1.28. The first-order valence-corrected chi connectivity index (χ1v) is 4.94. The van der Waals surface area contributed by atoms with Crippen LogP contribution >= 0.6 is 0 Å². The third kappa shape index (κ3) is 1.80. The normalized spacial score (nSPS) is 17.9. The van der Waals surface area contributed by atoms with Crippen LogP contribution in [0.4, 0.5) is 10.5 Å². The van der Waals surface area contributed by atoms with Gasteiger partial charge in [0.05, 0.1) is 11.3 Å². The summed E-state index contributed by atoms with van der Waals surface area (Å²) in [5, 5.41) is 21.1. The Morgan fingerprint density at radius 2 is 2.00 bits per heavy atom. The van der Waals surface area contributed by atoms with E-state index in [0.29, 0.717) is 24.1 Å². The molecule has 0 unspecified atom stereocenters. The summed E-state index contributed by atoms with van der Waals surface area (Å²) >= 11 is 0. The lowest BCUT2D eigenvalue weighted by Crippen LogP contribution is -2.34. The van der Waals surface area contributed by atoms with Crippen LogP contribution in [0.5, 0.6) is 0 Å². The van der Waals surface area contributed by atoms with Crippen molar-refractivity contribution in [3.05, 3.63) is 29.8 Å². The molecule has 0 spiro atoms. The summed E-state index contributed by atoms with van der Waals surface area (Å²) in [6.45, 7) is 0. The van der Waals surface area contributed by atoms with Crippen LogP contribution in [-0.4, -0.2) is 16.3 Å². The maximum Gasteiger partial charge on any atom is 0.409 e. The maximum atomic E-state index is 10.6. The molecule has 1 saturated carbocycles. The smallest absolute Gasteiger partial charge is 0.409 e. The minimum atomic E-state index is -1.11. The van der Waals surface area contributed by atoms with Crippen LogP contribution in [0.3, 0.4) is 0 Å². The zero-order chi connectivity index (χ0) is 10.9. The summed E-state index contributed by atoms with van der Waals surface area (Å²) < 4.78 is 0. The first-order valence-electron chi connectivity index (χ1n) is 4.94. The highest BCUT2D eigenvalue weighted by Gasteiger charge is 2.37. The second kappa shape index (κ2) is 3.55. The van der Waals surface area contributed by atoms with Gasteiger partial charge in [-0.2, -0.15) is 0 Å². The van der Waals surface area contributed by atoms with E-state index >= 15 is 0 Å².